The van der Waals surface area contributed by atoms with Gasteiger partial charge >= 0.3 is 6.18 Å². The second-order valence-corrected chi connectivity index (χ2v) is 5.35. The standard InChI is InChI=1S/C12H18F3N3O/c1-11(2,3)18-6-9(19)7-4-8(12(13,14)15)10(16)17-5-7/h4-5,9,18-19H,6H2,1-3H3,(H2,16,17)/t9-/m0/s1. The van der Waals surface area contributed by atoms with Gasteiger partial charge in [-0.05, 0) is 26.8 Å². The number of nitrogens with two attached hydrogens (primary N) is 1. The molecule has 0 saturated heterocycles. The van der Waals surface area contributed by atoms with E-state index < -0.39 is 23.7 Å². The Balaban J connectivity index is 2.90. The number of aliphatic hydroxyl groups is 1. The largest absolute Gasteiger partial charge is 0.419 e. The monoisotopic (exact) mass is 277 g/mol. The van der Waals surface area contributed by atoms with Crippen LogP contribution in [0.1, 0.15) is 38.0 Å². The van der Waals surface area contributed by atoms with Gasteiger partial charge in [0.05, 0.1) is 11.7 Å². The summed E-state index contributed by atoms with van der Waals surface area (Å²) in [5.74, 6) is -0.591. The number of anilines is 1. The third kappa shape index (κ3) is 4.68. The van der Waals surface area contributed by atoms with Gasteiger partial charge in [0, 0.05) is 23.8 Å². The van der Waals surface area contributed by atoms with Crippen molar-refractivity contribution in [2.24, 2.45) is 0 Å². The lowest BCUT2D eigenvalue weighted by molar-refractivity contribution is -0.137. The quantitative estimate of drug-likeness (QED) is 0.791. The number of nitrogens with one attached hydrogen (secondary N) is 1. The lowest BCUT2D eigenvalue weighted by Gasteiger charge is -2.23. The van der Waals surface area contributed by atoms with Crippen molar-refractivity contribution >= 4 is 5.82 Å². The number of β-amino-alcohol motifs (C(OH)–C–C–N with tert-alkyl or cyclic N) is 1. The molecule has 1 atom stereocenters. The van der Waals surface area contributed by atoms with Crippen LogP contribution in [0.15, 0.2) is 12.3 Å². The molecule has 19 heavy (non-hydrogen) atoms. The topological polar surface area (TPSA) is 71.2 Å². The van der Waals surface area contributed by atoms with Crippen LogP contribution in [0.4, 0.5) is 19.0 Å². The fourth-order valence-electron chi connectivity index (χ4n) is 1.42. The summed E-state index contributed by atoms with van der Waals surface area (Å²) in [5.41, 5.74) is 4.00. The van der Waals surface area contributed by atoms with Crippen LogP contribution >= 0.6 is 0 Å². The maximum atomic E-state index is 12.6. The first-order valence-electron chi connectivity index (χ1n) is 5.76. The first kappa shape index (κ1) is 15.7. The van der Waals surface area contributed by atoms with E-state index in [-0.39, 0.29) is 17.6 Å². The Labute approximate surface area is 109 Å². The minimum Gasteiger partial charge on any atom is -0.387 e. The van der Waals surface area contributed by atoms with Crippen LogP contribution in [-0.4, -0.2) is 22.2 Å². The summed E-state index contributed by atoms with van der Waals surface area (Å²) >= 11 is 0. The average Bonchev–Trinajstić information content (AvgIpc) is 2.24. The molecule has 0 aliphatic heterocycles. The molecular formula is C12H18F3N3O. The fourth-order valence-corrected chi connectivity index (χ4v) is 1.42. The number of rotatable bonds is 3. The van der Waals surface area contributed by atoms with E-state index in [0.717, 1.165) is 12.3 Å². The van der Waals surface area contributed by atoms with E-state index in [1.54, 1.807) is 0 Å². The molecule has 7 heteroatoms. The van der Waals surface area contributed by atoms with Crippen LogP contribution in [0.3, 0.4) is 0 Å². The Morgan fingerprint density at radius 2 is 1.95 bits per heavy atom. The number of alkyl halides is 3. The average molecular weight is 277 g/mol. The minimum atomic E-state index is -4.58. The number of hydrogen-bond donors (Lipinski definition) is 3. The number of aliphatic hydroxyl groups excluding tert-OH is 1. The molecule has 1 aromatic heterocycles. The van der Waals surface area contributed by atoms with Crippen molar-refractivity contribution < 1.29 is 18.3 Å². The highest BCUT2D eigenvalue weighted by molar-refractivity contribution is 5.43. The van der Waals surface area contributed by atoms with Crippen molar-refractivity contribution in [3.63, 3.8) is 0 Å². The van der Waals surface area contributed by atoms with E-state index in [9.17, 15) is 18.3 Å². The molecule has 0 bridgehead atoms. The van der Waals surface area contributed by atoms with E-state index in [4.69, 9.17) is 5.73 Å². The van der Waals surface area contributed by atoms with Gasteiger partial charge in [0.25, 0.3) is 0 Å². The highest BCUT2D eigenvalue weighted by atomic mass is 19.4. The second kappa shape index (κ2) is 5.34. The Hall–Kier alpha value is -1.34. The molecule has 0 radical (unpaired) electrons. The maximum Gasteiger partial charge on any atom is 0.419 e. The SMILES string of the molecule is CC(C)(C)NC[C@H](O)c1cnc(N)c(C(F)(F)F)c1. The van der Waals surface area contributed by atoms with Gasteiger partial charge in [0.15, 0.2) is 0 Å². The molecule has 0 fully saturated rings. The molecule has 0 unspecified atom stereocenters. The number of hydrogen-bond acceptors (Lipinski definition) is 4. The first-order chi connectivity index (χ1) is 8.50. The third-order valence-corrected chi connectivity index (χ3v) is 2.46. The van der Waals surface area contributed by atoms with Crippen molar-refractivity contribution in [1.29, 1.82) is 0 Å². The Kier molecular flexibility index (Phi) is 4.42. The predicted molar refractivity (Wildman–Crippen MR) is 66.4 cm³/mol. The van der Waals surface area contributed by atoms with Gasteiger partial charge in [0.2, 0.25) is 0 Å². The van der Waals surface area contributed by atoms with Gasteiger partial charge in [-0.3, -0.25) is 0 Å². The van der Waals surface area contributed by atoms with Crippen LogP contribution in [0.2, 0.25) is 0 Å². The molecule has 0 aliphatic rings. The number of aromatic nitrogens is 1. The molecular weight excluding hydrogens is 259 g/mol. The van der Waals surface area contributed by atoms with Crippen molar-refractivity contribution in [2.45, 2.75) is 38.6 Å². The zero-order valence-corrected chi connectivity index (χ0v) is 11.0. The predicted octanol–water partition coefficient (Wildman–Crippen LogP) is 2.10. The van der Waals surface area contributed by atoms with E-state index in [0.29, 0.717) is 0 Å². The van der Waals surface area contributed by atoms with Crippen molar-refractivity contribution in [3.8, 4) is 0 Å². The molecule has 4 nitrogen and oxygen atoms in total. The molecule has 0 aliphatic carbocycles. The summed E-state index contributed by atoms with van der Waals surface area (Å²) in [4.78, 5) is 3.48. The summed E-state index contributed by atoms with van der Waals surface area (Å²) in [5, 5.41) is 12.9. The second-order valence-electron chi connectivity index (χ2n) is 5.35. The van der Waals surface area contributed by atoms with Gasteiger partial charge < -0.3 is 16.2 Å². The number of halogens is 3. The molecule has 0 spiro atoms. The molecule has 0 saturated carbocycles. The number of nitrogens with zero attached hydrogens (tertiary/aromatic N) is 1. The van der Waals surface area contributed by atoms with Gasteiger partial charge in [0.1, 0.15) is 5.82 Å². The summed E-state index contributed by atoms with van der Waals surface area (Å²) in [7, 11) is 0. The molecule has 0 aromatic carbocycles. The van der Waals surface area contributed by atoms with Gasteiger partial charge in [-0.2, -0.15) is 13.2 Å². The van der Waals surface area contributed by atoms with E-state index in [2.05, 4.69) is 10.3 Å². The van der Waals surface area contributed by atoms with Crippen LogP contribution in [-0.2, 0) is 6.18 Å². The van der Waals surface area contributed by atoms with E-state index in [1.165, 1.54) is 0 Å². The Morgan fingerprint density at radius 1 is 1.37 bits per heavy atom. The zero-order chi connectivity index (χ0) is 14.8. The third-order valence-electron chi connectivity index (χ3n) is 2.46. The smallest absolute Gasteiger partial charge is 0.387 e. The molecule has 1 rings (SSSR count). The molecule has 1 heterocycles. The summed E-state index contributed by atoms with van der Waals surface area (Å²) < 4.78 is 37.9. The molecule has 4 N–H and O–H groups in total. The van der Waals surface area contributed by atoms with Crippen LogP contribution < -0.4 is 11.1 Å². The van der Waals surface area contributed by atoms with Crippen LogP contribution in [0, 0.1) is 0 Å². The fraction of sp³-hybridized carbons (Fsp3) is 0.583. The normalized spacial score (nSPS) is 14.5. The lowest BCUT2D eigenvalue weighted by Crippen LogP contribution is -2.38. The molecule has 0 amide bonds. The number of pyridine rings is 1. The number of nitrogen functional groups attached to an aromatic ring is 1. The van der Waals surface area contributed by atoms with Gasteiger partial charge in [-0.25, -0.2) is 4.98 Å². The maximum absolute atomic E-state index is 12.6. The lowest BCUT2D eigenvalue weighted by atomic mass is 10.1. The first-order valence-corrected chi connectivity index (χ1v) is 5.76. The summed E-state index contributed by atoms with van der Waals surface area (Å²) in [6.07, 6.45) is -4.50. The van der Waals surface area contributed by atoms with Crippen LogP contribution in [0.25, 0.3) is 0 Å². The summed E-state index contributed by atoms with van der Waals surface area (Å²) in [6.45, 7) is 5.80. The van der Waals surface area contributed by atoms with Crippen LogP contribution in [0.5, 0.6) is 0 Å². The van der Waals surface area contributed by atoms with Gasteiger partial charge in [-0.1, -0.05) is 0 Å². The van der Waals surface area contributed by atoms with Crippen molar-refractivity contribution in [2.75, 3.05) is 12.3 Å². The highest BCUT2D eigenvalue weighted by Gasteiger charge is 2.34. The van der Waals surface area contributed by atoms with Gasteiger partial charge in [-0.15, -0.1) is 0 Å². The molecule has 1 aromatic rings. The minimum absolute atomic E-state index is 0.0817. The highest BCUT2D eigenvalue weighted by Crippen LogP contribution is 2.33. The zero-order valence-electron chi connectivity index (χ0n) is 11.0. The van der Waals surface area contributed by atoms with Crippen molar-refractivity contribution in [3.05, 3.63) is 23.4 Å². The van der Waals surface area contributed by atoms with Crippen molar-refractivity contribution in [1.82, 2.24) is 10.3 Å². The van der Waals surface area contributed by atoms with E-state index in [1.807, 2.05) is 20.8 Å². The Morgan fingerprint density at radius 3 is 2.42 bits per heavy atom. The molecule has 108 valence electrons. The summed E-state index contributed by atoms with van der Waals surface area (Å²) in [6, 6.07) is 0.831. The van der Waals surface area contributed by atoms with E-state index >= 15 is 0 Å². The Bertz CT molecular complexity index is 441.